The summed E-state index contributed by atoms with van der Waals surface area (Å²) in [5, 5.41) is 0. The minimum atomic E-state index is 0.717. The summed E-state index contributed by atoms with van der Waals surface area (Å²) < 4.78 is 2.49. The highest BCUT2D eigenvalue weighted by Gasteiger charge is 2.44. The van der Waals surface area contributed by atoms with Crippen LogP contribution in [0.5, 0.6) is 0 Å². The topological polar surface area (TPSA) is 6.48 Å². The molecule has 2 rings (SSSR count). The van der Waals surface area contributed by atoms with Gasteiger partial charge in [0.1, 0.15) is 0 Å². The summed E-state index contributed by atoms with van der Waals surface area (Å²) in [6, 6.07) is 0. The molecule has 0 N–H and O–H groups in total. The van der Waals surface area contributed by atoms with Crippen molar-refractivity contribution in [2.24, 2.45) is 5.41 Å². The standard InChI is InChI=1S/C10H20N2S/c1-3-11-6-4-10(5-7-11)8-12(9-10)13-2/h3-9H2,1-2H3. The van der Waals surface area contributed by atoms with Crippen molar-refractivity contribution in [2.75, 3.05) is 39.0 Å². The third-order valence-electron chi connectivity index (χ3n) is 3.65. The van der Waals surface area contributed by atoms with Crippen molar-refractivity contribution < 1.29 is 0 Å². The molecule has 0 aromatic rings. The molecular weight excluding hydrogens is 180 g/mol. The van der Waals surface area contributed by atoms with Crippen LogP contribution in [0, 0.1) is 5.41 Å². The Hall–Kier alpha value is 0.270. The highest BCUT2D eigenvalue weighted by atomic mass is 32.2. The molecule has 0 saturated carbocycles. The third-order valence-corrected chi connectivity index (χ3v) is 4.42. The normalized spacial score (nSPS) is 29.1. The van der Waals surface area contributed by atoms with Crippen molar-refractivity contribution in [1.82, 2.24) is 9.21 Å². The number of nitrogens with zero attached hydrogens (tertiary/aromatic N) is 2. The van der Waals surface area contributed by atoms with Gasteiger partial charge in [-0.2, -0.15) is 0 Å². The van der Waals surface area contributed by atoms with Crippen LogP contribution in [0.15, 0.2) is 0 Å². The van der Waals surface area contributed by atoms with Gasteiger partial charge in [0, 0.05) is 18.5 Å². The molecule has 0 atom stereocenters. The molecule has 0 aliphatic carbocycles. The van der Waals surface area contributed by atoms with Gasteiger partial charge >= 0.3 is 0 Å². The van der Waals surface area contributed by atoms with Gasteiger partial charge in [-0.1, -0.05) is 18.9 Å². The Kier molecular flexibility index (Phi) is 2.86. The first kappa shape index (κ1) is 9.81. The van der Waals surface area contributed by atoms with Gasteiger partial charge < -0.3 is 4.90 Å². The molecule has 0 unspecified atom stereocenters. The van der Waals surface area contributed by atoms with E-state index in [9.17, 15) is 0 Å². The lowest BCUT2D eigenvalue weighted by Crippen LogP contribution is -2.57. The van der Waals surface area contributed by atoms with Gasteiger partial charge in [0.2, 0.25) is 0 Å². The molecule has 0 bridgehead atoms. The van der Waals surface area contributed by atoms with E-state index >= 15 is 0 Å². The SMILES string of the molecule is CCN1CCC2(CC1)CN(SC)C2. The van der Waals surface area contributed by atoms with Crippen molar-refractivity contribution in [3.8, 4) is 0 Å². The van der Waals surface area contributed by atoms with Crippen LogP contribution in [0.3, 0.4) is 0 Å². The molecule has 0 radical (unpaired) electrons. The van der Waals surface area contributed by atoms with Crippen molar-refractivity contribution >= 4 is 11.9 Å². The predicted molar refractivity (Wildman–Crippen MR) is 58.9 cm³/mol. The number of hydrogen-bond donors (Lipinski definition) is 0. The van der Waals surface area contributed by atoms with Crippen LogP contribution in [-0.4, -0.2) is 48.2 Å². The molecular formula is C10H20N2S. The molecule has 2 fully saturated rings. The van der Waals surface area contributed by atoms with E-state index in [4.69, 9.17) is 0 Å². The molecule has 2 aliphatic heterocycles. The Balaban J connectivity index is 1.79. The second-order valence-corrected chi connectivity index (χ2v) is 5.30. The summed E-state index contributed by atoms with van der Waals surface area (Å²) in [6.07, 6.45) is 5.05. The quantitative estimate of drug-likeness (QED) is 0.626. The van der Waals surface area contributed by atoms with E-state index in [2.05, 4.69) is 22.4 Å². The van der Waals surface area contributed by atoms with Crippen LogP contribution in [0.4, 0.5) is 0 Å². The lowest BCUT2D eigenvalue weighted by Gasteiger charge is -2.53. The average molecular weight is 200 g/mol. The third kappa shape index (κ3) is 1.88. The van der Waals surface area contributed by atoms with Gasteiger partial charge in [0.15, 0.2) is 0 Å². The van der Waals surface area contributed by atoms with Gasteiger partial charge in [-0.05, 0) is 38.7 Å². The van der Waals surface area contributed by atoms with E-state index in [1.165, 1.54) is 45.6 Å². The van der Waals surface area contributed by atoms with Gasteiger partial charge in [0.05, 0.1) is 0 Å². The number of piperidine rings is 1. The summed E-state index contributed by atoms with van der Waals surface area (Å²) >= 11 is 1.91. The van der Waals surface area contributed by atoms with Gasteiger partial charge in [-0.3, -0.25) is 0 Å². The minimum absolute atomic E-state index is 0.717. The maximum absolute atomic E-state index is 2.58. The van der Waals surface area contributed by atoms with Gasteiger partial charge in [0.25, 0.3) is 0 Å². The van der Waals surface area contributed by atoms with Crippen molar-refractivity contribution in [1.29, 1.82) is 0 Å². The zero-order valence-electron chi connectivity index (χ0n) is 8.75. The highest BCUT2D eigenvalue weighted by Crippen LogP contribution is 2.42. The monoisotopic (exact) mass is 200 g/mol. The zero-order valence-corrected chi connectivity index (χ0v) is 9.57. The molecule has 3 heteroatoms. The summed E-state index contributed by atoms with van der Waals surface area (Å²) in [7, 11) is 0. The van der Waals surface area contributed by atoms with E-state index in [1.807, 2.05) is 11.9 Å². The lowest BCUT2D eigenvalue weighted by atomic mass is 9.73. The summed E-state index contributed by atoms with van der Waals surface area (Å²) in [5.74, 6) is 0. The second kappa shape index (κ2) is 3.79. The van der Waals surface area contributed by atoms with E-state index in [0.29, 0.717) is 5.41 Å². The van der Waals surface area contributed by atoms with E-state index in [0.717, 1.165) is 0 Å². The summed E-state index contributed by atoms with van der Waals surface area (Å²) in [6.45, 7) is 8.85. The van der Waals surface area contributed by atoms with Gasteiger partial charge in [-0.25, -0.2) is 4.31 Å². The molecule has 2 saturated heterocycles. The summed E-state index contributed by atoms with van der Waals surface area (Å²) in [4.78, 5) is 2.58. The number of rotatable bonds is 2. The van der Waals surface area contributed by atoms with E-state index < -0.39 is 0 Å². The Morgan fingerprint density at radius 2 is 1.85 bits per heavy atom. The highest BCUT2D eigenvalue weighted by molar-refractivity contribution is 7.96. The van der Waals surface area contributed by atoms with Crippen molar-refractivity contribution in [3.63, 3.8) is 0 Å². The molecule has 0 amide bonds. The Morgan fingerprint density at radius 1 is 1.23 bits per heavy atom. The van der Waals surface area contributed by atoms with Crippen LogP contribution >= 0.6 is 11.9 Å². The first-order valence-corrected chi connectivity index (χ1v) is 6.47. The number of hydrogen-bond acceptors (Lipinski definition) is 3. The smallest absolute Gasteiger partial charge is 0.0160 e. The summed E-state index contributed by atoms with van der Waals surface area (Å²) in [5.41, 5.74) is 0.717. The molecule has 2 nitrogen and oxygen atoms in total. The second-order valence-electron chi connectivity index (χ2n) is 4.41. The molecule has 2 heterocycles. The van der Waals surface area contributed by atoms with Crippen molar-refractivity contribution in [3.05, 3.63) is 0 Å². The van der Waals surface area contributed by atoms with Crippen LogP contribution in [-0.2, 0) is 0 Å². The average Bonchev–Trinajstić information content (AvgIpc) is 2.14. The van der Waals surface area contributed by atoms with E-state index in [-0.39, 0.29) is 0 Å². The van der Waals surface area contributed by atoms with E-state index in [1.54, 1.807) is 0 Å². The molecule has 0 aromatic carbocycles. The fourth-order valence-corrected chi connectivity index (χ4v) is 3.30. The maximum atomic E-state index is 2.58. The van der Waals surface area contributed by atoms with Gasteiger partial charge in [-0.15, -0.1) is 0 Å². The van der Waals surface area contributed by atoms with Crippen LogP contribution < -0.4 is 0 Å². The first-order chi connectivity index (χ1) is 6.28. The molecule has 2 aliphatic rings. The lowest BCUT2D eigenvalue weighted by molar-refractivity contribution is 0.00813. The Labute approximate surface area is 85.8 Å². The Morgan fingerprint density at radius 3 is 2.31 bits per heavy atom. The predicted octanol–water partition coefficient (Wildman–Crippen LogP) is 1.68. The van der Waals surface area contributed by atoms with Crippen LogP contribution in [0.1, 0.15) is 19.8 Å². The van der Waals surface area contributed by atoms with Crippen LogP contribution in [0.25, 0.3) is 0 Å². The largest absolute Gasteiger partial charge is 0.304 e. The first-order valence-electron chi connectivity index (χ1n) is 5.29. The fourth-order valence-electron chi connectivity index (χ4n) is 2.49. The van der Waals surface area contributed by atoms with Crippen molar-refractivity contribution in [2.45, 2.75) is 19.8 Å². The molecule has 1 spiro atoms. The molecule has 0 aromatic heterocycles. The van der Waals surface area contributed by atoms with Crippen LogP contribution in [0.2, 0.25) is 0 Å². The Bertz CT molecular complexity index is 168. The fraction of sp³-hybridized carbons (Fsp3) is 1.00. The number of likely N-dealkylation sites (tertiary alicyclic amines) is 1. The minimum Gasteiger partial charge on any atom is -0.304 e. The molecule has 13 heavy (non-hydrogen) atoms. The molecule has 76 valence electrons. The maximum Gasteiger partial charge on any atom is 0.0160 e. The zero-order chi connectivity index (χ0) is 9.31.